The van der Waals surface area contributed by atoms with E-state index in [-0.39, 0.29) is 16.8 Å². The lowest BCUT2D eigenvalue weighted by molar-refractivity contribution is 0.0697. The second-order valence-corrected chi connectivity index (χ2v) is 3.51. The van der Waals surface area contributed by atoms with Gasteiger partial charge in [0.05, 0.1) is 0 Å². The Morgan fingerprint density at radius 3 is 2.65 bits per heavy atom. The summed E-state index contributed by atoms with van der Waals surface area (Å²) in [7, 11) is 0. The number of rotatable bonds is 2. The van der Waals surface area contributed by atoms with E-state index >= 15 is 0 Å². The minimum Gasteiger partial charge on any atom is -0.478 e. The van der Waals surface area contributed by atoms with Gasteiger partial charge in [0.1, 0.15) is 11.3 Å². The zero-order valence-corrected chi connectivity index (χ0v) is 8.79. The lowest BCUT2D eigenvalue weighted by Gasteiger charge is -2.00. The lowest BCUT2D eigenvalue weighted by atomic mass is 10.1. The fourth-order valence-electron chi connectivity index (χ4n) is 1.54. The highest BCUT2D eigenvalue weighted by atomic mass is 19.2. The first-order valence-electron chi connectivity index (χ1n) is 4.74. The van der Waals surface area contributed by atoms with Gasteiger partial charge < -0.3 is 5.11 Å². The molecule has 0 unspecified atom stereocenters. The van der Waals surface area contributed by atoms with Crippen LogP contribution in [0.4, 0.5) is 8.78 Å². The summed E-state index contributed by atoms with van der Waals surface area (Å²) >= 11 is 0. The lowest BCUT2D eigenvalue weighted by Crippen LogP contribution is -1.99. The number of benzene rings is 1. The summed E-state index contributed by atoms with van der Waals surface area (Å²) in [6.45, 7) is 1.54. The van der Waals surface area contributed by atoms with Gasteiger partial charge in [-0.2, -0.15) is 5.10 Å². The molecule has 0 saturated heterocycles. The van der Waals surface area contributed by atoms with Crippen LogP contribution >= 0.6 is 0 Å². The third kappa shape index (κ3) is 1.89. The quantitative estimate of drug-likeness (QED) is 0.844. The maximum atomic E-state index is 13.0. The fourth-order valence-corrected chi connectivity index (χ4v) is 1.54. The molecule has 0 bridgehead atoms. The van der Waals surface area contributed by atoms with Gasteiger partial charge in [-0.15, -0.1) is 0 Å². The Hall–Kier alpha value is -2.24. The second kappa shape index (κ2) is 3.97. The number of aryl methyl sites for hydroxylation is 1. The van der Waals surface area contributed by atoms with Crippen LogP contribution in [0, 0.1) is 18.6 Å². The van der Waals surface area contributed by atoms with Crippen molar-refractivity contribution >= 4 is 5.97 Å². The van der Waals surface area contributed by atoms with Crippen LogP contribution in [0.2, 0.25) is 0 Å². The normalized spacial score (nSPS) is 10.5. The Bertz CT molecular complexity index is 593. The van der Waals surface area contributed by atoms with Crippen LogP contribution in [0.1, 0.15) is 16.1 Å². The van der Waals surface area contributed by atoms with Gasteiger partial charge in [0, 0.05) is 11.3 Å². The summed E-state index contributed by atoms with van der Waals surface area (Å²) < 4.78 is 25.8. The van der Waals surface area contributed by atoms with Crippen LogP contribution in [0.15, 0.2) is 18.2 Å². The molecule has 2 N–H and O–H groups in total. The largest absolute Gasteiger partial charge is 0.478 e. The number of aromatic carboxylic acids is 1. The summed E-state index contributed by atoms with van der Waals surface area (Å²) in [4.78, 5) is 11.0. The minimum absolute atomic E-state index is 0.0454. The Kier molecular flexibility index (Phi) is 2.63. The monoisotopic (exact) mass is 238 g/mol. The number of carboxylic acid groups (broad SMARTS) is 1. The Morgan fingerprint density at radius 2 is 2.06 bits per heavy atom. The standard InChI is InChI=1S/C11H8F2N2O2/c1-5-9(11(16)17)10(15-14-5)6-2-3-7(12)8(13)4-6/h2-4H,1H3,(H,14,15)(H,16,17). The highest BCUT2D eigenvalue weighted by Crippen LogP contribution is 2.25. The topological polar surface area (TPSA) is 66.0 Å². The van der Waals surface area contributed by atoms with Crippen LogP contribution < -0.4 is 0 Å². The van der Waals surface area contributed by atoms with Crippen molar-refractivity contribution in [3.8, 4) is 11.3 Å². The van der Waals surface area contributed by atoms with Crippen molar-refractivity contribution in [3.05, 3.63) is 41.1 Å². The number of hydrogen-bond donors (Lipinski definition) is 2. The average Bonchev–Trinajstić information content (AvgIpc) is 2.64. The molecule has 0 radical (unpaired) electrons. The van der Waals surface area contributed by atoms with Crippen molar-refractivity contribution in [3.63, 3.8) is 0 Å². The molecule has 0 saturated carbocycles. The zero-order valence-electron chi connectivity index (χ0n) is 8.79. The number of aromatic nitrogens is 2. The van der Waals surface area contributed by atoms with Gasteiger partial charge in [0.15, 0.2) is 11.6 Å². The predicted octanol–water partition coefficient (Wildman–Crippen LogP) is 2.36. The van der Waals surface area contributed by atoms with Crippen LogP contribution in [-0.4, -0.2) is 21.3 Å². The molecule has 4 nitrogen and oxygen atoms in total. The van der Waals surface area contributed by atoms with E-state index in [2.05, 4.69) is 10.2 Å². The second-order valence-electron chi connectivity index (χ2n) is 3.51. The molecule has 17 heavy (non-hydrogen) atoms. The molecule has 1 heterocycles. The summed E-state index contributed by atoms with van der Waals surface area (Å²) in [5.41, 5.74) is 0.618. The number of aromatic amines is 1. The number of carboxylic acids is 1. The number of nitrogens with one attached hydrogen (secondary N) is 1. The van der Waals surface area contributed by atoms with Crippen LogP contribution in [0.25, 0.3) is 11.3 Å². The summed E-state index contributed by atoms with van der Waals surface area (Å²) in [6.07, 6.45) is 0. The van der Waals surface area contributed by atoms with Crippen molar-refractivity contribution < 1.29 is 18.7 Å². The van der Waals surface area contributed by atoms with E-state index in [9.17, 15) is 13.6 Å². The smallest absolute Gasteiger partial charge is 0.339 e. The van der Waals surface area contributed by atoms with Gasteiger partial charge in [0.2, 0.25) is 0 Å². The fraction of sp³-hybridized carbons (Fsp3) is 0.0909. The molecule has 1 aromatic heterocycles. The molecule has 0 atom stereocenters. The first kappa shape index (κ1) is 11.3. The molecule has 1 aromatic carbocycles. The Balaban J connectivity index is 2.60. The molecule has 0 spiro atoms. The van der Waals surface area contributed by atoms with Crippen LogP contribution in [-0.2, 0) is 0 Å². The van der Waals surface area contributed by atoms with E-state index in [1.807, 2.05) is 0 Å². The van der Waals surface area contributed by atoms with E-state index in [1.54, 1.807) is 6.92 Å². The highest BCUT2D eigenvalue weighted by molar-refractivity contribution is 5.96. The first-order chi connectivity index (χ1) is 8.00. The van der Waals surface area contributed by atoms with Gasteiger partial charge in [-0.1, -0.05) is 0 Å². The third-order valence-electron chi connectivity index (χ3n) is 2.35. The van der Waals surface area contributed by atoms with E-state index in [1.165, 1.54) is 6.07 Å². The first-order valence-corrected chi connectivity index (χ1v) is 4.74. The SMILES string of the molecule is Cc1[nH]nc(-c2ccc(F)c(F)c2)c1C(=O)O. The Labute approximate surface area is 94.9 Å². The molecule has 0 aliphatic carbocycles. The minimum atomic E-state index is -1.17. The van der Waals surface area contributed by atoms with Crippen molar-refractivity contribution in [2.75, 3.05) is 0 Å². The maximum Gasteiger partial charge on any atom is 0.339 e. The van der Waals surface area contributed by atoms with Crippen molar-refractivity contribution in [2.45, 2.75) is 6.92 Å². The maximum absolute atomic E-state index is 13.0. The number of halogens is 2. The predicted molar refractivity (Wildman–Crippen MR) is 55.6 cm³/mol. The molecule has 0 aliphatic rings. The van der Waals surface area contributed by atoms with E-state index in [0.717, 1.165) is 12.1 Å². The molecule has 2 rings (SSSR count). The van der Waals surface area contributed by atoms with Crippen molar-refractivity contribution in [1.29, 1.82) is 0 Å². The molecule has 0 fully saturated rings. The Morgan fingerprint density at radius 1 is 1.35 bits per heavy atom. The van der Waals surface area contributed by atoms with E-state index < -0.39 is 17.6 Å². The number of nitrogens with zero attached hydrogens (tertiary/aromatic N) is 1. The number of carbonyl (C=O) groups is 1. The molecule has 2 aromatic rings. The summed E-state index contributed by atoms with van der Waals surface area (Å²) in [5, 5.41) is 15.3. The van der Waals surface area contributed by atoms with Gasteiger partial charge in [-0.3, -0.25) is 5.10 Å². The van der Waals surface area contributed by atoms with Gasteiger partial charge in [-0.25, -0.2) is 13.6 Å². The summed E-state index contributed by atoms with van der Waals surface area (Å²) in [6, 6.07) is 3.12. The zero-order chi connectivity index (χ0) is 12.6. The molecular formula is C11H8F2N2O2. The molecule has 88 valence electrons. The van der Waals surface area contributed by atoms with Crippen LogP contribution in [0.3, 0.4) is 0 Å². The number of hydrogen-bond acceptors (Lipinski definition) is 2. The highest BCUT2D eigenvalue weighted by Gasteiger charge is 2.19. The summed E-state index contributed by atoms with van der Waals surface area (Å²) in [5.74, 6) is -3.20. The van der Waals surface area contributed by atoms with Gasteiger partial charge in [0.25, 0.3) is 0 Å². The molecule has 0 aliphatic heterocycles. The van der Waals surface area contributed by atoms with Crippen LogP contribution in [0.5, 0.6) is 0 Å². The van der Waals surface area contributed by atoms with Crippen molar-refractivity contribution in [2.24, 2.45) is 0 Å². The van der Waals surface area contributed by atoms with Gasteiger partial charge >= 0.3 is 5.97 Å². The van der Waals surface area contributed by atoms with E-state index in [4.69, 9.17) is 5.11 Å². The number of H-pyrrole nitrogens is 1. The third-order valence-corrected chi connectivity index (χ3v) is 2.35. The molecule has 6 heteroatoms. The molecular weight excluding hydrogens is 230 g/mol. The van der Waals surface area contributed by atoms with Crippen molar-refractivity contribution in [1.82, 2.24) is 10.2 Å². The van der Waals surface area contributed by atoms with E-state index in [0.29, 0.717) is 5.69 Å². The average molecular weight is 238 g/mol. The molecule has 0 amide bonds. The van der Waals surface area contributed by atoms with Gasteiger partial charge in [-0.05, 0) is 25.1 Å².